The first-order chi connectivity index (χ1) is 10.1. The van der Waals surface area contributed by atoms with Crippen LogP contribution in [-0.4, -0.2) is 13.0 Å². The number of carbonyl (C=O) groups is 1. The van der Waals surface area contributed by atoms with Crippen LogP contribution in [0.15, 0.2) is 66.7 Å². The second-order valence-corrected chi connectivity index (χ2v) is 4.90. The predicted molar refractivity (Wildman–Crippen MR) is 83.1 cm³/mol. The molecule has 3 aromatic rings. The van der Waals surface area contributed by atoms with Gasteiger partial charge < -0.3 is 4.90 Å². The molecule has 3 aromatic carbocycles. The fourth-order valence-electron chi connectivity index (χ4n) is 2.29. The summed E-state index contributed by atoms with van der Waals surface area (Å²) in [5.41, 5.74) is 1.27. The average Bonchev–Trinajstić information content (AvgIpc) is 2.54. The molecule has 1 amide bonds. The van der Waals surface area contributed by atoms with E-state index < -0.39 is 0 Å². The molecule has 104 valence electrons. The van der Waals surface area contributed by atoms with Gasteiger partial charge in [0.25, 0.3) is 5.91 Å². The van der Waals surface area contributed by atoms with Gasteiger partial charge in [0.2, 0.25) is 0 Å². The van der Waals surface area contributed by atoms with Gasteiger partial charge in [-0.25, -0.2) is 4.39 Å². The third-order valence-corrected chi connectivity index (χ3v) is 3.52. The van der Waals surface area contributed by atoms with Crippen molar-refractivity contribution in [2.45, 2.75) is 0 Å². The number of rotatable bonds is 2. The van der Waals surface area contributed by atoms with E-state index in [1.54, 1.807) is 11.9 Å². The van der Waals surface area contributed by atoms with E-state index in [4.69, 9.17) is 0 Å². The summed E-state index contributed by atoms with van der Waals surface area (Å²) < 4.78 is 12.9. The van der Waals surface area contributed by atoms with Crippen LogP contribution in [0.3, 0.4) is 0 Å². The molecule has 0 radical (unpaired) electrons. The molecule has 0 spiro atoms. The van der Waals surface area contributed by atoms with Crippen molar-refractivity contribution in [2.75, 3.05) is 11.9 Å². The van der Waals surface area contributed by atoms with Crippen LogP contribution in [0.25, 0.3) is 10.8 Å². The summed E-state index contributed by atoms with van der Waals surface area (Å²) in [5.74, 6) is -0.509. The van der Waals surface area contributed by atoms with E-state index >= 15 is 0 Å². The van der Waals surface area contributed by atoms with E-state index in [1.165, 1.54) is 24.3 Å². The Morgan fingerprint density at radius 2 is 1.57 bits per heavy atom. The summed E-state index contributed by atoms with van der Waals surface area (Å²) in [5, 5.41) is 2.21. The van der Waals surface area contributed by atoms with Gasteiger partial charge in [-0.1, -0.05) is 30.3 Å². The lowest BCUT2D eigenvalue weighted by Crippen LogP contribution is -2.26. The highest BCUT2D eigenvalue weighted by Crippen LogP contribution is 2.22. The minimum Gasteiger partial charge on any atom is -0.311 e. The maximum atomic E-state index is 12.9. The van der Waals surface area contributed by atoms with Gasteiger partial charge in [-0.05, 0) is 47.2 Å². The molecule has 21 heavy (non-hydrogen) atoms. The second kappa shape index (κ2) is 5.37. The monoisotopic (exact) mass is 279 g/mol. The summed E-state index contributed by atoms with van der Waals surface area (Å²) >= 11 is 0. The van der Waals surface area contributed by atoms with Crippen LogP contribution in [0.1, 0.15) is 10.4 Å². The van der Waals surface area contributed by atoms with Crippen molar-refractivity contribution < 1.29 is 9.18 Å². The van der Waals surface area contributed by atoms with E-state index in [1.807, 2.05) is 42.5 Å². The normalized spacial score (nSPS) is 10.6. The fraction of sp³-hybridized carbons (Fsp3) is 0.0556. The maximum absolute atomic E-state index is 12.9. The molecular formula is C18H14FNO. The summed E-state index contributed by atoms with van der Waals surface area (Å²) in [6.07, 6.45) is 0. The predicted octanol–water partition coefficient (Wildman–Crippen LogP) is 4.26. The van der Waals surface area contributed by atoms with E-state index in [2.05, 4.69) is 0 Å². The zero-order valence-electron chi connectivity index (χ0n) is 11.6. The summed E-state index contributed by atoms with van der Waals surface area (Å²) in [4.78, 5) is 14.0. The molecule has 0 saturated carbocycles. The first-order valence-corrected chi connectivity index (χ1v) is 6.67. The Labute approximate surface area is 122 Å². The Balaban J connectivity index is 1.93. The summed E-state index contributed by atoms with van der Waals surface area (Å²) in [7, 11) is 1.72. The largest absolute Gasteiger partial charge is 0.311 e. The van der Waals surface area contributed by atoms with Gasteiger partial charge in [-0.15, -0.1) is 0 Å². The van der Waals surface area contributed by atoms with Crippen molar-refractivity contribution in [2.24, 2.45) is 0 Å². The molecule has 2 nitrogen and oxygen atoms in total. The van der Waals surface area contributed by atoms with Gasteiger partial charge in [0.05, 0.1) is 0 Å². The molecule has 0 atom stereocenters. The smallest absolute Gasteiger partial charge is 0.258 e. The highest BCUT2D eigenvalue weighted by molar-refractivity contribution is 6.06. The van der Waals surface area contributed by atoms with E-state index in [9.17, 15) is 9.18 Å². The number of fused-ring (bicyclic) bond motifs is 1. The minimum atomic E-state index is -0.347. The SMILES string of the molecule is CN(C(=O)c1ccc(F)cc1)c1ccc2ccccc2c1. The Morgan fingerprint density at radius 1 is 0.905 bits per heavy atom. The first-order valence-electron chi connectivity index (χ1n) is 6.67. The van der Waals surface area contributed by atoms with Gasteiger partial charge >= 0.3 is 0 Å². The number of anilines is 1. The Bertz CT molecular complexity index is 796. The van der Waals surface area contributed by atoms with E-state index in [0.29, 0.717) is 5.56 Å². The van der Waals surface area contributed by atoms with Gasteiger partial charge in [0.15, 0.2) is 0 Å². The van der Waals surface area contributed by atoms with Crippen molar-refractivity contribution in [3.8, 4) is 0 Å². The van der Waals surface area contributed by atoms with E-state index in [0.717, 1.165) is 16.5 Å². The molecule has 0 aliphatic carbocycles. The fourth-order valence-corrected chi connectivity index (χ4v) is 2.29. The number of halogens is 1. The highest BCUT2D eigenvalue weighted by atomic mass is 19.1. The molecule has 3 heteroatoms. The number of hydrogen-bond acceptors (Lipinski definition) is 1. The second-order valence-electron chi connectivity index (χ2n) is 4.90. The van der Waals surface area contributed by atoms with Gasteiger partial charge in [-0.3, -0.25) is 4.79 Å². The minimum absolute atomic E-state index is 0.162. The van der Waals surface area contributed by atoms with Gasteiger partial charge in [-0.2, -0.15) is 0 Å². The van der Waals surface area contributed by atoms with Crippen LogP contribution in [0.5, 0.6) is 0 Å². The van der Waals surface area contributed by atoms with Gasteiger partial charge in [0, 0.05) is 18.3 Å². The third-order valence-electron chi connectivity index (χ3n) is 3.52. The third kappa shape index (κ3) is 2.63. The van der Waals surface area contributed by atoms with Crippen LogP contribution in [0.4, 0.5) is 10.1 Å². The summed E-state index contributed by atoms with van der Waals surface area (Å²) in [6, 6.07) is 19.4. The van der Waals surface area contributed by atoms with Crippen molar-refractivity contribution in [3.05, 3.63) is 78.1 Å². The zero-order valence-corrected chi connectivity index (χ0v) is 11.6. The van der Waals surface area contributed by atoms with Crippen LogP contribution >= 0.6 is 0 Å². The molecule has 0 heterocycles. The first kappa shape index (κ1) is 13.3. The Hall–Kier alpha value is -2.68. The Morgan fingerprint density at radius 3 is 2.29 bits per heavy atom. The van der Waals surface area contributed by atoms with E-state index in [-0.39, 0.29) is 11.7 Å². The molecule has 0 aromatic heterocycles. The number of amides is 1. The number of nitrogens with zero attached hydrogens (tertiary/aromatic N) is 1. The number of hydrogen-bond donors (Lipinski definition) is 0. The van der Waals surface area contributed by atoms with Crippen molar-refractivity contribution >= 4 is 22.4 Å². The lowest BCUT2D eigenvalue weighted by atomic mass is 10.1. The molecule has 0 aliphatic heterocycles. The molecule has 0 fully saturated rings. The van der Waals surface area contributed by atoms with Gasteiger partial charge in [0.1, 0.15) is 5.82 Å². The number of carbonyl (C=O) groups excluding carboxylic acids is 1. The lowest BCUT2D eigenvalue weighted by Gasteiger charge is -2.18. The number of benzene rings is 3. The standard InChI is InChI=1S/C18H14FNO/c1-20(18(21)14-6-9-16(19)10-7-14)17-11-8-13-4-2-3-5-15(13)12-17/h2-12H,1H3. The molecule has 3 rings (SSSR count). The lowest BCUT2D eigenvalue weighted by molar-refractivity contribution is 0.0993. The van der Waals surface area contributed by atoms with Crippen LogP contribution in [-0.2, 0) is 0 Å². The molecule has 0 saturated heterocycles. The topological polar surface area (TPSA) is 20.3 Å². The summed E-state index contributed by atoms with van der Waals surface area (Å²) in [6.45, 7) is 0. The molecular weight excluding hydrogens is 265 g/mol. The van der Waals surface area contributed by atoms with Crippen LogP contribution in [0.2, 0.25) is 0 Å². The molecule has 0 aliphatic rings. The quantitative estimate of drug-likeness (QED) is 0.686. The van der Waals surface area contributed by atoms with Crippen molar-refractivity contribution in [3.63, 3.8) is 0 Å². The highest BCUT2D eigenvalue weighted by Gasteiger charge is 2.13. The molecule has 0 bridgehead atoms. The van der Waals surface area contributed by atoms with Crippen molar-refractivity contribution in [1.29, 1.82) is 0 Å². The molecule has 0 N–H and O–H groups in total. The molecule has 0 unspecified atom stereocenters. The zero-order chi connectivity index (χ0) is 14.8. The van der Waals surface area contributed by atoms with Crippen molar-refractivity contribution in [1.82, 2.24) is 0 Å². The average molecular weight is 279 g/mol. The van der Waals surface area contributed by atoms with Crippen LogP contribution in [0, 0.1) is 5.82 Å². The Kier molecular flexibility index (Phi) is 3.40. The maximum Gasteiger partial charge on any atom is 0.258 e. The van der Waals surface area contributed by atoms with Crippen LogP contribution < -0.4 is 4.90 Å².